The van der Waals surface area contributed by atoms with Crippen LogP contribution in [0.4, 0.5) is 0 Å². The summed E-state index contributed by atoms with van der Waals surface area (Å²) in [5, 5.41) is 5.66. The van der Waals surface area contributed by atoms with Crippen molar-refractivity contribution in [1.82, 2.24) is 5.32 Å². The van der Waals surface area contributed by atoms with Crippen LogP contribution in [0.25, 0.3) is 0 Å². The van der Waals surface area contributed by atoms with Crippen molar-refractivity contribution in [3.8, 4) is 0 Å². The lowest BCUT2D eigenvalue weighted by Crippen LogP contribution is -2.29. The lowest BCUT2D eigenvalue weighted by Gasteiger charge is -2.22. The lowest BCUT2D eigenvalue weighted by molar-refractivity contribution is 0.425. The van der Waals surface area contributed by atoms with E-state index in [-0.39, 0.29) is 6.04 Å². The zero-order chi connectivity index (χ0) is 10.3. The molecule has 3 heterocycles. The largest absolute Gasteiger partial charge is 0.467 e. The normalized spacial score (nSPS) is 20.2. The van der Waals surface area contributed by atoms with Crippen molar-refractivity contribution in [3.63, 3.8) is 0 Å². The van der Waals surface area contributed by atoms with Crippen molar-refractivity contribution >= 4 is 11.3 Å². The maximum Gasteiger partial charge on any atom is 0.128 e. The maximum atomic E-state index is 5.59. The Kier molecular flexibility index (Phi) is 2.15. The second-order valence-corrected chi connectivity index (χ2v) is 5.00. The van der Waals surface area contributed by atoms with Crippen LogP contribution in [-0.2, 0) is 6.42 Å². The van der Waals surface area contributed by atoms with Gasteiger partial charge in [-0.15, -0.1) is 11.3 Å². The Morgan fingerprint density at radius 2 is 2.40 bits per heavy atom. The molecule has 78 valence electrons. The summed E-state index contributed by atoms with van der Waals surface area (Å²) >= 11 is 1.79. The van der Waals surface area contributed by atoms with Gasteiger partial charge >= 0.3 is 0 Å². The summed E-state index contributed by atoms with van der Waals surface area (Å²) in [6.07, 6.45) is 2.87. The van der Waals surface area contributed by atoms with Crippen molar-refractivity contribution in [1.29, 1.82) is 0 Å². The van der Waals surface area contributed by atoms with Gasteiger partial charge in [-0.1, -0.05) is 0 Å². The van der Waals surface area contributed by atoms with Crippen LogP contribution in [0.15, 0.2) is 28.2 Å². The molecule has 2 nitrogen and oxygen atoms in total. The highest BCUT2D eigenvalue weighted by atomic mass is 32.1. The highest BCUT2D eigenvalue weighted by molar-refractivity contribution is 7.10. The number of nitrogens with one attached hydrogen (secondary N) is 1. The second-order valence-electron chi connectivity index (χ2n) is 3.88. The summed E-state index contributed by atoms with van der Waals surface area (Å²) in [7, 11) is 0. The number of aryl methyl sites for hydroxylation is 1. The van der Waals surface area contributed by atoms with E-state index >= 15 is 0 Å². The average Bonchev–Trinajstić information content (AvgIpc) is 2.85. The molecule has 1 N–H and O–H groups in total. The summed E-state index contributed by atoms with van der Waals surface area (Å²) in [6.45, 7) is 3.20. The van der Waals surface area contributed by atoms with Gasteiger partial charge in [0, 0.05) is 11.4 Å². The monoisotopic (exact) mass is 219 g/mol. The van der Waals surface area contributed by atoms with Crippen LogP contribution in [0.3, 0.4) is 0 Å². The van der Waals surface area contributed by atoms with Crippen LogP contribution in [0.2, 0.25) is 0 Å². The number of hydrogen-bond donors (Lipinski definition) is 1. The summed E-state index contributed by atoms with van der Waals surface area (Å²) in [5.74, 6) is 1.10. The Balaban J connectivity index is 2.07. The Morgan fingerprint density at radius 1 is 1.47 bits per heavy atom. The van der Waals surface area contributed by atoms with Gasteiger partial charge in [0.05, 0.1) is 12.3 Å². The molecule has 1 atom stereocenters. The standard InChI is InChI=1S/C12H13NOS/c1-8-10(4-7-15-8)11-12-9(2-5-13-11)3-6-14-12/h3-4,6-7,11,13H,2,5H2,1H3. The van der Waals surface area contributed by atoms with Crippen LogP contribution in [0.5, 0.6) is 0 Å². The summed E-state index contributed by atoms with van der Waals surface area (Å²) in [4.78, 5) is 1.37. The average molecular weight is 219 g/mol. The van der Waals surface area contributed by atoms with Crippen molar-refractivity contribution in [2.75, 3.05) is 6.54 Å². The smallest absolute Gasteiger partial charge is 0.128 e. The summed E-state index contributed by atoms with van der Waals surface area (Å²) < 4.78 is 5.59. The Bertz CT molecular complexity index is 471. The van der Waals surface area contributed by atoms with E-state index in [4.69, 9.17) is 4.42 Å². The molecule has 3 heteroatoms. The number of thiophene rings is 1. The van der Waals surface area contributed by atoms with E-state index in [0.717, 1.165) is 18.7 Å². The van der Waals surface area contributed by atoms with E-state index in [9.17, 15) is 0 Å². The molecule has 0 spiro atoms. The van der Waals surface area contributed by atoms with Crippen LogP contribution in [-0.4, -0.2) is 6.54 Å². The van der Waals surface area contributed by atoms with Crippen molar-refractivity contribution < 1.29 is 4.42 Å². The first-order chi connectivity index (χ1) is 7.36. The van der Waals surface area contributed by atoms with E-state index in [0.29, 0.717) is 0 Å². The molecule has 0 saturated heterocycles. The van der Waals surface area contributed by atoms with Crippen molar-refractivity contribution in [2.45, 2.75) is 19.4 Å². The number of fused-ring (bicyclic) bond motifs is 1. The predicted molar refractivity (Wildman–Crippen MR) is 61.3 cm³/mol. The SMILES string of the molecule is Cc1sccc1C1NCCc2ccoc21. The Morgan fingerprint density at radius 3 is 3.20 bits per heavy atom. The minimum atomic E-state index is 0.259. The first kappa shape index (κ1) is 9.19. The van der Waals surface area contributed by atoms with Gasteiger partial charge in [-0.2, -0.15) is 0 Å². The van der Waals surface area contributed by atoms with Gasteiger partial charge in [-0.25, -0.2) is 0 Å². The number of hydrogen-bond acceptors (Lipinski definition) is 3. The quantitative estimate of drug-likeness (QED) is 0.797. The molecule has 3 rings (SSSR count). The molecule has 0 saturated carbocycles. The molecular formula is C12H13NOS. The van der Waals surface area contributed by atoms with Gasteiger partial charge in [0.25, 0.3) is 0 Å². The van der Waals surface area contributed by atoms with Gasteiger partial charge < -0.3 is 9.73 Å². The van der Waals surface area contributed by atoms with Gasteiger partial charge in [0.2, 0.25) is 0 Å². The summed E-state index contributed by atoms with van der Waals surface area (Å²) in [5.41, 5.74) is 2.71. The van der Waals surface area contributed by atoms with E-state index in [1.807, 2.05) is 0 Å². The third-order valence-corrected chi connectivity index (χ3v) is 3.86. The molecule has 0 bridgehead atoms. The molecule has 1 aliphatic rings. The van der Waals surface area contributed by atoms with E-state index in [1.165, 1.54) is 16.0 Å². The molecule has 1 aliphatic heterocycles. The van der Waals surface area contributed by atoms with Crippen LogP contribution < -0.4 is 5.32 Å². The third kappa shape index (κ3) is 1.43. The van der Waals surface area contributed by atoms with Gasteiger partial charge in [-0.05, 0) is 42.0 Å². The minimum absolute atomic E-state index is 0.259. The molecule has 0 aliphatic carbocycles. The van der Waals surface area contributed by atoms with Crippen LogP contribution in [0, 0.1) is 6.92 Å². The minimum Gasteiger partial charge on any atom is -0.467 e. The van der Waals surface area contributed by atoms with Crippen LogP contribution in [0.1, 0.15) is 27.8 Å². The lowest BCUT2D eigenvalue weighted by atomic mass is 9.97. The summed E-state index contributed by atoms with van der Waals surface area (Å²) in [6, 6.07) is 4.54. The molecule has 0 radical (unpaired) electrons. The van der Waals surface area contributed by atoms with E-state index in [1.54, 1.807) is 17.6 Å². The molecule has 1 unspecified atom stereocenters. The first-order valence-electron chi connectivity index (χ1n) is 5.20. The van der Waals surface area contributed by atoms with Crippen LogP contribution >= 0.6 is 11.3 Å². The van der Waals surface area contributed by atoms with Crippen molar-refractivity contribution in [3.05, 3.63) is 45.5 Å². The fourth-order valence-electron chi connectivity index (χ4n) is 2.20. The zero-order valence-electron chi connectivity index (χ0n) is 8.62. The second kappa shape index (κ2) is 3.51. The fraction of sp³-hybridized carbons (Fsp3) is 0.333. The molecule has 0 fully saturated rings. The molecule has 0 aromatic carbocycles. The van der Waals surface area contributed by atoms with Gasteiger partial charge in [0.1, 0.15) is 5.76 Å². The molecule has 15 heavy (non-hydrogen) atoms. The molecule has 0 amide bonds. The van der Waals surface area contributed by atoms with E-state index in [2.05, 4.69) is 29.8 Å². The van der Waals surface area contributed by atoms with Gasteiger partial charge in [-0.3, -0.25) is 0 Å². The Labute approximate surface area is 92.9 Å². The molecule has 2 aromatic rings. The molecular weight excluding hydrogens is 206 g/mol. The first-order valence-corrected chi connectivity index (χ1v) is 6.08. The topological polar surface area (TPSA) is 25.2 Å². The van der Waals surface area contributed by atoms with Crippen molar-refractivity contribution in [2.24, 2.45) is 0 Å². The number of furan rings is 1. The van der Waals surface area contributed by atoms with Gasteiger partial charge in [0.15, 0.2) is 0 Å². The maximum absolute atomic E-state index is 5.59. The predicted octanol–water partition coefficient (Wildman–Crippen LogP) is 2.88. The highest BCUT2D eigenvalue weighted by Gasteiger charge is 2.25. The Hall–Kier alpha value is -1.06. The molecule has 2 aromatic heterocycles. The zero-order valence-corrected chi connectivity index (χ0v) is 9.43. The fourth-order valence-corrected chi connectivity index (χ4v) is 2.94. The number of rotatable bonds is 1. The third-order valence-electron chi connectivity index (χ3n) is 3.00. The highest BCUT2D eigenvalue weighted by Crippen LogP contribution is 2.32. The van der Waals surface area contributed by atoms with E-state index < -0.39 is 0 Å².